The molecular formula is C17H16BrN3. The van der Waals surface area contributed by atoms with Gasteiger partial charge in [-0.1, -0.05) is 58.4 Å². The van der Waals surface area contributed by atoms with E-state index in [0.717, 1.165) is 27.1 Å². The minimum atomic E-state index is -0.0484. The Bertz CT molecular complexity index is 722. The molecule has 1 heterocycles. The average Bonchev–Trinajstić information content (AvgIpc) is 2.97. The van der Waals surface area contributed by atoms with Gasteiger partial charge in [0, 0.05) is 22.5 Å². The van der Waals surface area contributed by atoms with E-state index < -0.39 is 0 Å². The third kappa shape index (κ3) is 3.40. The number of hydrogen-bond donors (Lipinski definition) is 2. The zero-order valence-electron chi connectivity index (χ0n) is 11.5. The van der Waals surface area contributed by atoms with Crippen LogP contribution in [0.3, 0.4) is 0 Å². The van der Waals surface area contributed by atoms with Crippen LogP contribution in [0.2, 0.25) is 0 Å². The molecule has 3 aromatic rings. The predicted molar refractivity (Wildman–Crippen MR) is 88.8 cm³/mol. The SMILES string of the molecule is NC(Cc1ncc(-c2cccc(Br)c2)[nH]1)c1ccccc1. The van der Waals surface area contributed by atoms with Gasteiger partial charge in [-0.05, 0) is 17.7 Å². The number of nitrogens with one attached hydrogen (secondary N) is 1. The smallest absolute Gasteiger partial charge is 0.108 e. The summed E-state index contributed by atoms with van der Waals surface area (Å²) in [6.07, 6.45) is 2.55. The van der Waals surface area contributed by atoms with E-state index in [-0.39, 0.29) is 6.04 Å². The van der Waals surface area contributed by atoms with Crippen molar-refractivity contribution in [1.82, 2.24) is 9.97 Å². The summed E-state index contributed by atoms with van der Waals surface area (Å²) in [5, 5.41) is 0. The molecule has 3 rings (SSSR count). The zero-order valence-corrected chi connectivity index (χ0v) is 13.0. The van der Waals surface area contributed by atoms with Crippen LogP contribution in [0.5, 0.6) is 0 Å². The first-order valence-corrected chi connectivity index (χ1v) is 7.62. The lowest BCUT2D eigenvalue weighted by Crippen LogP contribution is -2.13. The maximum Gasteiger partial charge on any atom is 0.108 e. The molecule has 0 saturated carbocycles. The number of halogens is 1. The summed E-state index contributed by atoms with van der Waals surface area (Å²) < 4.78 is 1.05. The van der Waals surface area contributed by atoms with Crippen molar-refractivity contribution >= 4 is 15.9 Å². The van der Waals surface area contributed by atoms with E-state index in [2.05, 4.69) is 38.0 Å². The van der Waals surface area contributed by atoms with Gasteiger partial charge >= 0.3 is 0 Å². The highest BCUT2D eigenvalue weighted by Gasteiger charge is 2.10. The van der Waals surface area contributed by atoms with E-state index in [0.29, 0.717) is 6.42 Å². The van der Waals surface area contributed by atoms with Gasteiger partial charge in [-0.25, -0.2) is 4.98 Å². The zero-order chi connectivity index (χ0) is 14.7. The van der Waals surface area contributed by atoms with Crippen LogP contribution in [-0.2, 0) is 6.42 Å². The molecule has 0 radical (unpaired) electrons. The molecule has 0 saturated heterocycles. The summed E-state index contributed by atoms with van der Waals surface area (Å²) in [6, 6.07) is 18.2. The number of aromatic nitrogens is 2. The summed E-state index contributed by atoms with van der Waals surface area (Å²) in [6.45, 7) is 0. The fraction of sp³-hybridized carbons (Fsp3) is 0.118. The van der Waals surface area contributed by atoms with E-state index in [4.69, 9.17) is 5.73 Å². The molecule has 0 fully saturated rings. The van der Waals surface area contributed by atoms with Crippen LogP contribution in [0.4, 0.5) is 0 Å². The van der Waals surface area contributed by atoms with Crippen molar-refractivity contribution in [1.29, 1.82) is 0 Å². The summed E-state index contributed by atoms with van der Waals surface area (Å²) in [4.78, 5) is 7.78. The van der Waals surface area contributed by atoms with Crippen molar-refractivity contribution < 1.29 is 0 Å². The van der Waals surface area contributed by atoms with Gasteiger partial charge in [0.25, 0.3) is 0 Å². The molecule has 0 bridgehead atoms. The maximum atomic E-state index is 6.23. The quantitative estimate of drug-likeness (QED) is 0.751. The first kappa shape index (κ1) is 14.0. The second-order valence-electron chi connectivity index (χ2n) is 4.98. The molecule has 0 aliphatic rings. The van der Waals surface area contributed by atoms with Gasteiger partial charge in [-0.2, -0.15) is 0 Å². The third-order valence-corrected chi connectivity index (χ3v) is 3.90. The van der Waals surface area contributed by atoms with Gasteiger partial charge in [0.1, 0.15) is 5.82 Å². The molecular weight excluding hydrogens is 326 g/mol. The summed E-state index contributed by atoms with van der Waals surface area (Å²) in [7, 11) is 0. The number of imidazole rings is 1. The lowest BCUT2D eigenvalue weighted by molar-refractivity contribution is 0.695. The Balaban J connectivity index is 1.76. The molecule has 0 amide bonds. The number of nitrogens with two attached hydrogens (primary N) is 1. The molecule has 0 spiro atoms. The van der Waals surface area contributed by atoms with Gasteiger partial charge in [-0.15, -0.1) is 0 Å². The van der Waals surface area contributed by atoms with Crippen molar-refractivity contribution in [3.05, 3.63) is 76.7 Å². The van der Waals surface area contributed by atoms with Crippen LogP contribution in [-0.4, -0.2) is 9.97 Å². The monoisotopic (exact) mass is 341 g/mol. The lowest BCUT2D eigenvalue weighted by Gasteiger charge is -2.09. The minimum Gasteiger partial charge on any atom is -0.342 e. The predicted octanol–water partition coefficient (Wildman–Crippen LogP) is 4.08. The average molecular weight is 342 g/mol. The molecule has 0 aliphatic carbocycles. The number of aromatic amines is 1. The van der Waals surface area contributed by atoms with Crippen molar-refractivity contribution in [2.24, 2.45) is 5.73 Å². The fourth-order valence-electron chi connectivity index (χ4n) is 2.30. The number of hydrogen-bond acceptors (Lipinski definition) is 2. The van der Waals surface area contributed by atoms with E-state index >= 15 is 0 Å². The Hall–Kier alpha value is -1.91. The van der Waals surface area contributed by atoms with Crippen molar-refractivity contribution in [2.45, 2.75) is 12.5 Å². The Morgan fingerprint density at radius 1 is 1.10 bits per heavy atom. The molecule has 1 unspecified atom stereocenters. The largest absolute Gasteiger partial charge is 0.342 e. The van der Waals surface area contributed by atoms with E-state index in [1.54, 1.807) is 0 Å². The molecule has 106 valence electrons. The van der Waals surface area contributed by atoms with Crippen LogP contribution in [0, 0.1) is 0 Å². The number of nitrogens with zero attached hydrogens (tertiary/aromatic N) is 1. The molecule has 21 heavy (non-hydrogen) atoms. The number of benzene rings is 2. The Kier molecular flexibility index (Phi) is 4.18. The van der Waals surface area contributed by atoms with Crippen molar-refractivity contribution in [3.8, 4) is 11.3 Å². The van der Waals surface area contributed by atoms with Gasteiger partial charge in [0.15, 0.2) is 0 Å². The van der Waals surface area contributed by atoms with Crippen LogP contribution < -0.4 is 5.73 Å². The molecule has 4 heteroatoms. The van der Waals surface area contributed by atoms with Gasteiger partial charge in [0.05, 0.1) is 11.9 Å². The highest BCUT2D eigenvalue weighted by atomic mass is 79.9. The maximum absolute atomic E-state index is 6.23. The van der Waals surface area contributed by atoms with Crippen LogP contribution in [0.15, 0.2) is 65.3 Å². The summed E-state index contributed by atoms with van der Waals surface area (Å²) in [5.41, 5.74) is 9.47. The second kappa shape index (κ2) is 6.24. The van der Waals surface area contributed by atoms with E-state index in [9.17, 15) is 0 Å². The molecule has 2 aromatic carbocycles. The number of rotatable bonds is 4. The number of H-pyrrole nitrogens is 1. The summed E-state index contributed by atoms with van der Waals surface area (Å²) in [5.74, 6) is 0.904. The second-order valence-corrected chi connectivity index (χ2v) is 5.89. The standard InChI is InChI=1S/C17H16BrN3/c18-14-8-4-7-13(9-14)16-11-20-17(21-16)10-15(19)12-5-2-1-3-6-12/h1-9,11,15H,10,19H2,(H,20,21). The molecule has 3 N–H and O–H groups in total. The molecule has 1 atom stereocenters. The molecule has 3 nitrogen and oxygen atoms in total. The third-order valence-electron chi connectivity index (χ3n) is 3.41. The first-order chi connectivity index (χ1) is 10.2. The highest BCUT2D eigenvalue weighted by Crippen LogP contribution is 2.22. The molecule has 1 aromatic heterocycles. The van der Waals surface area contributed by atoms with Gasteiger partial charge in [-0.3, -0.25) is 0 Å². The van der Waals surface area contributed by atoms with Crippen LogP contribution in [0.25, 0.3) is 11.3 Å². The Morgan fingerprint density at radius 3 is 2.67 bits per heavy atom. The minimum absolute atomic E-state index is 0.0484. The van der Waals surface area contributed by atoms with Crippen molar-refractivity contribution in [2.75, 3.05) is 0 Å². The van der Waals surface area contributed by atoms with Crippen LogP contribution in [0.1, 0.15) is 17.4 Å². The normalized spacial score (nSPS) is 12.3. The lowest BCUT2D eigenvalue weighted by atomic mass is 10.0. The van der Waals surface area contributed by atoms with Crippen LogP contribution >= 0.6 is 15.9 Å². The van der Waals surface area contributed by atoms with Crippen molar-refractivity contribution in [3.63, 3.8) is 0 Å². The van der Waals surface area contributed by atoms with Gasteiger partial charge < -0.3 is 10.7 Å². The van der Waals surface area contributed by atoms with E-state index in [1.165, 1.54) is 0 Å². The Morgan fingerprint density at radius 2 is 1.90 bits per heavy atom. The summed E-state index contributed by atoms with van der Waals surface area (Å²) >= 11 is 3.48. The topological polar surface area (TPSA) is 54.7 Å². The first-order valence-electron chi connectivity index (χ1n) is 6.83. The highest BCUT2D eigenvalue weighted by molar-refractivity contribution is 9.10. The van der Waals surface area contributed by atoms with E-state index in [1.807, 2.05) is 48.7 Å². The molecule has 0 aliphatic heterocycles. The fourth-order valence-corrected chi connectivity index (χ4v) is 2.69. The Labute approximate surface area is 132 Å². The van der Waals surface area contributed by atoms with Gasteiger partial charge in [0.2, 0.25) is 0 Å².